The van der Waals surface area contributed by atoms with Crippen molar-refractivity contribution in [1.82, 2.24) is 4.98 Å². The number of fused-ring (bicyclic) bond motifs is 1. The normalized spacial score (nSPS) is 16.8. The summed E-state index contributed by atoms with van der Waals surface area (Å²) in [5.74, 6) is -0.915. The lowest BCUT2D eigenvalue weighted by Crippen LogP contribution is -2.29. The minimum Gasteiger partial charge on any atom is -0.327 e. The van der Waals surface area contributed by atoms with Crippen LogP contribution in [-0.4, -0.2) is 23.3 Å². The molecular formula is C20H17N3O3. The number of nitrogens with one attached hydrogen (secondary N) is 2. The molecule has 26 heavy (non-hydrogen) atoms. The van der Waals surface area contributed by atoms with Crippen LogP contribution < -0.4 is 15.8 Å². The number of carbonyl (C=O) groups is 2. The Morgan fingerprint density at radius 3 is 2.69 bits per heavy atom. The van der Waals surface area contributed by atoms with Crippen molar-refractivity contribution in [3.63, 3.8) is 0 Å². The van der Waals surface area contributed by atoms with Gasteiger partial charge in [-0.05, 0) is 23.6 Å². The summed E-state index contributed by atoms with van der Waals surface area (Å²) in [6, 6.07) is 16.8. The molecule has 1 unspecified atom stereocenters. The third-order valence-corrected chi connectivity index (χ3v) is 4.63. The molecule has 0 bridgehead atoms. The Kier molecular flexibility index (Phi) is 4.01. The quantitative estimate of drug-likeness (QED) is 0.764. The highest BCUT2D eigenvalue weighted by Crippen LogP contribution is 2.31. The Labute approximate surface area is 149 Å². The summed E-state index contributed by atoms with van der Waals surface area (Å²) in [5.41, 5.74) is 0.630. The van der Waals surface area contributed by atoms with Gasteiger partial charge in [0.2, 0.25) is 11.8 Å². The van der Waals surface area contributed by atoms with Gasteiger partial charge in [-0.2, -0.15) is 0 Å². The van der Waals surface area contributed by atoms with Crippen LogP contribution >= 0.6 is 0 Å². The van der Waals surface area contributed by atoms with Crippen molar-refractivity contribution < 1.29 is 9.59 Å². The van der Waals surface area contributed by atoms with Gasteiger partial charge in [0.1, 0.15) is 5.69 Å². The topological polar surface area (TPSA) is 82.3 Å². The Bertz CT molecular complexity index is 1050. The molecule has 1 aliphatic heterocycles. The molecule has 1 aliphatic rings. The molecular weight excluding hydrogens is 330 g/mol. The molecule has 6 heteroatoms. The van der Waals surface area contributed by atoms with E-state index in [9.17, 15) is 14.4 Å². The minimum atomic E-state index is -0.499. The number of H-pyrrole nitrogens is 1. The van der Waals surface area contributed by atoms with Crippen molar-refractivity contribution in [3.8, 4) is 0 Å². The Morgan fingerprint density at radius 2 is 1.85 bits per heavy atom. The number of carbonyl (C=O) groups excluding carboxylic acids is 2. The largest absolute Gasteiger partial charge is 0.327 e. The van der Waals surface area contributed by atoms with Gasteiger partial charge >= 0.3 is 0 Å². The van der Waals surface area contributed by atoms with Crippen LogP contribution in [-0.2, 0) is 9.59 Å². The number of rotatable bonds is 3. The van der Waals surface area contributed by atoms with Gasteiger partial charge in [0.25, 0.3) is 5.56 Å². The fourth-order valence-corrected chi connectivity index (χ4v) is 3.31. The van der Waals surface area contributed by atoms with Crippen molar-refractivity contribution in [2.24, 2.45) is 5.92 Å². The maximum absolute atomic E-state index is 12.5. The van der Waals surface area contributed by atoms with Gasteiger partial charge < -0.3 is 15.2 Å². The monoisotopic (exact) mass is 347 g/mol. The summed E-state index contributed by atoms with van der Waals surface area (Å²) in [7, 11) is 0. The first-order valence-corrected chi connectivity index (χ1v) is 8.40. The fourth-order valence-electron chi connectivity index (χ4n) is 3.31. The average molecular weight is 347 g/mol. The van der Waals surface area contributed by atoms with Crippen LogP contribution in [0.1, 0.15) is 6.42 Å². The van der Waals surface area contributed by atoms with Crippen LogP contribution in [0, 0.1) is 5.92 Å². The van der Waals surface area contributed by atoms with E-state index in [4.69, 9.17) is 0 Å². The maximum atomic E-state index is 12.5. The van der Waals surface area contributed by atoms with E-state index in [1.807, 2.05) is 42.5 Å². The van der Waals surface area contributed by atoms with Crippen molar-refractivity contribution in [2.75, 3.05) is 16.8 Å². The van der Waals surface area contributed by atoms with E-state index in [1.165, 1.54) is 12.3 Å². The van der Waals surface area contributed by atoms with E-state index in [0.29, 0.717) is 6.54 Å². The zero-order chi connectivity index (χ0) is 18.1. The molecule has 0 spiro atoms. The third kappa shape index (κ3) is 2.86. The number of pyridine rings is 1. The number of benzene rings is 2. The lowest BCUT2D eigenvalue weighted by molar-refractivity contribution is -0.122. The van der Waals surface area contributed by atoms with E-state index in [1.54, 1.807) is 11.0 Å². The van der Waals surface area contributed by atoms with Crippen LogP contribution in [0.4, 0.5) is 11.4 Å². The molecule has 0 aliphatic carbocycles. The molecule has 1 atom stereocenters. The fraction of sp³-hybridized carbons (Fsp3) is 0.150. The second kappa shape index (κ2) is 6.48. The summed E-state index contributed by atoms with van der Waals surface area (Å²) in [4.78, 5) is 40.9. The van der Waals surface area contributed by atoms with E-state index < -0.39 is 5.92 Å². The Morgan fingerprint density at radius 1 is 1.04 bits per heavy atom. The van der Waals surface area contributed by atoms with Gasteiger partial charge in [0.15, 0.2) is 0 Å². The Hall–Kier alpha value is -3.41. The molecule has 0 saturated carbocycles. The number of anilines is 2. The SMILES string of the molecule is O=C(Nc1ccc[nH]c1=O)C1CC(=O)N(c2cccc3ccccc23)C1. The highest BCUT2D eigenvalue weighted by molar-refractivity contribution is 6.08. The van der Waals surface area contributed by atoms with Crippen LogP contribution in [0.25, 0.3) is 10.8 Å². The van der Waals surface area contributed by atoms with Gasteiger partial charge in [-0.15, -0.1) is 0 Å². The molecule has 130 valence electrons. The first kappa shape index (κ1) is 16.1. The van der Waals surface area contributed by atoms with Crippen LogP contribution in [0.15, 0.2) is 65.6 Å². The lowest BCUT2D eigenvalue weighted by atomic mass is 10.1. The summed E-state index contributed by atoms with van der Waals surface area (Å²) in [5, 5.41) is 4.64. The van der Waals surface area contributed by atoms with Crippen molar-refractivity contribution in [2.45, 2.75) is 6.42 Å². The van der Waals surface area contributed by atoms with Crippen molar-refractivity contribution in [3.05, 3.63) is 71.1 Å². The molecule has 2 N–H and O–H groups in total. The minimum absolute atomic E-state index is 0.0940. The smallest absolute Gasteiger partial charge is 0.271 e. The number of hydrogen-bond acceptors (Lipinski definition) is 3. The van der Waals surface area contributed by atoms with Crippen molar-refractivity contribution in [1.29, 1.82) is 0 Å². The predicted octanol–water partition coefficient (Wildman–Crippen LogP) is 2.52. The summed E-state index contributed by atoms with van der Waals surface area (Å²) in [6.07, 6.45) is 1.62. The van der Waals surface area contributed by atoms with Gasteiger partial charge in [-0.3, -0.25) is 14.4 Å². The number of amides is 2. The molecule has 1 aromatic heterocycles. The zero-order valence-electron chi connectivity index (χ0n) is 13.9. The van der Waals surface area contributed by atoms with E-state index in [0.717, 1.165) is 16.5 Å². The predicted molar refractivity (Wildman–Crippen MR) is 100 cm³/mol. The van der Waals surface area contributed by atoms with Crippen molar-refractivity contribution >= 4 is 34.0 Å². The van der Waals surface area contributed by atoms with Gasteiger partial charge in [0, 0.05) is 24.5 Å². The second-order valence-electron chi connectivity index (χ2n) is 6.31. The standard InChI is InChI=1S/C20H17N3O3/c24-18-11-14(19(25)22-16-8-4-10-21-20(16)26)12-23(18)17-9-3-6-13-5-1-2-7-15(13)17/h1-10,14H,11-12H2,(H,21,26)(H,22,25). The zero-order valence-corrected chi connectivity index (χ0v) is 13.9. The van der Waals surface area contributed by atoms with E-state index in [2.05, 4.69) is 10.3 Å². The molecule has 6 nitrogen and oxygen atoms in total. The number of aromatic nitrogens is 1. The van der Waals surface area contributed by atoms with Gasteiger partial charge in [-0.25, -0.2) is 0 Å². The molecule has 0 radical (unpaired) electrons. The lowest BCUT2D eigenvalue weighted by Gasteiger charge is -2.19. The maximum Gasteiger partial charge on any atom is 0.271 e. The number of nitrogens with zero attached hydrogens (tertiary/aromatic N) is 1. The molecule has 2 aromatic carbocycles. The van der Waals surface area contributed by atoms with E-state index >= 15 is 0 Å². The first-order chi connectivity index (χ1) is 12.6. The van der Waals surface area contributed by atoms with Crippen LogP contribution in [0.2, 0.25) is 0 Å². The van der Waals surface area contributed by atoms with Gasteiger partial charge in [0.05, 0.1) is 11.6 Å². The van der Waals surface area contributed by atoms with Gasteiger partial charge in [-0.1, -0.05) is 36.4 Å². The summed E-state index contributed by atoms with van der Waals surface area (Å²) < 4.78 is 0. The second-order valence-corrected chi connectivity index (χ2v) is 6.31. The third-order valence-electron chi connectivity index (χ3n) is 4.63. The summed E-state index contributed by atoms with van der Waals surface area (Å²) in [6.45, 7) is 0.295. The molecule has 3 aromatic rings. The molecule has 1 saturated heterocycles. The van der Waals surface area contributed by atoms with Crippen LogP contribution in [0.5, 0.6) is 0 Å². The summed E-state index contributed by atoms with van der Waals surface area (Å²) >= 11 is 0. The Balaban J connectivity index is 1.58. The molecule has 4 rings (SSSR count). The molecule has 2 heterocycles. The molecule has 2 amide bonds. The molecule has 1 fully saturated rings. The number of hydrogen-bond donors (Lipinski definition) is 2. The number of aromatic amines is 1. The highest BCUT2D eigenvalue weighted by atomic mass is 16.2. The highest BCUT2D eigenvalue weighted by Gasteiger charge is 2.35. The first-order valence-electron chi connectivity index (χ1n) is 8.40. The van der Waals surface area contributed by atoms with E-state index in [-0.39, 0.29) is 29.5 Å². The average Bonchev–Trinajstić information content (AvgIpc) is 3.05. The van der Waals surface area contributed by atoms with Crippen LogP contribution in [0.3, 0.4) is 0 Å².